The Morgan fingerprint density at radius 1 is 1.20 bits per heavy atom. The summed E-state index contributed by atoms with van der Waals surface area (Å²) in [6, 6.07) is 0. The van der Waals surface area contributed by atoms with Crippen molar-refractivity contribution in [2.75, 3.05) is 0 Å². The zero-order valence-corrected chi connectivity index (χ0v) is 12.7. The molecule has 1 aliphatic carbocycles. The van der Waals surface area contributed by atoms with Gasteiger partial charge >= 0.3 is 68.9 Å². The average molecular weight is 260 g/mol. The summed E-state index contributed by atoms with van der Waals surface area (Å²) in [7, 11) is 0. The van der Waals surface area contributed by atoms with Crippen molar-refractivity contribution >= 4 is 5.97 Å². The molecule has 0 amide bonds. The Morgan fingerprint density at radius 2 is 1.70 bits per heavy atom. The van der Waals surface area contributed by atoms with E-state index in [1.807, 2.05) is 0 Å². The van der Waals surface area contributed by atoms with Gasteiger partial charge in [0.25, 0.3) is 0 Å². The predicted octanol–water partition coefficient (Wildman–Crippen LogP) is -2.68. The minimum absolute atomic E-state index is 0. The van der Waals surface area contributed by atoms with Gasteiger partial charge in [0.1, 0.15) is 0 Å². The normalized spacial score (nSPS) is 19.6. The van der Waals surface area contributed by atoms with Crippen molar-refractivity contribution in [3.8, 4) is 0 Å². The molecule has 0 radical (unpaired) electrons. The first-order chi connectivity index (χ1) is 4.30. The van der Waals surface area contributed by atoms with E-state index in [9.17, 15) is 9.90 Å². The van der Waals surface area contributed by atoms with Crippen LogP contribution in [0.2, 0.25) is 0 Å². The van der Waals surface area contributed by atoms with Gasteiger partial charge in [-0.3, -0.25) is 0 Å². The number of hydrogen-bond acceptors (Lipinski definition) is 2. The number of rotatable bonds is 1. The van der Waals surface area contributed by atoms with E-state index in [-0.39, 0.29) is 74.8 Å². The number of carboxylic acid groups (broad SMARTS) is 1. The molecule has 52 valence electrons. The molecule has 1 fully saturated rings. The summed E-state index contributed by atoms with van der Waals surface area (Å²) in [6.45, 7) is 0. The number of hydrogen-bond donors (Lipinski definition) is 0. The Morgan fingerprint density at radius 3 is 2.00 bits per heavy atom. The molecule has 0 unspecified atom stereocenters. The first-order valence-corrected chi connectivity index (χ1v) is 3.51. The maximum atomic E-state index is 10.2. The molecule has 0 aromatic carbocycles. The third-order valence-electron chi connectivity index (χ3n) is 1.94. The van der Waals surface area contributed by atoms with Gasteiger partial charge in [-0.15, -0.1) is 0 Å². The molecular weight excluding hydrogens is 249 g/mol. The monoisotopic (exact) mass is 260 g/mol. The van der Waals surface area contributed by atoms with Gasteiger partial charge in [0.15, 0.2) is 0 Å². The fourth-order valence-electron chi connectivity index (χ4n) is 1.34. The van der Waals surface area contributed by atoms with Crippen LogP contribution < -0.4 is 74.0 Å². The zero-order chi connectivity index (χ0) is 6.69. The van der Waals surface area contributed by atoms with Crippen molar-refractivity contribution in [1.82, 2.24) is 0 Å². The fourth-order valence-corrected chi connectivity index (χ4v) is 1.34. The van der Waals surface area contributed by atoms with Crippen LogP contribution in [-0.4, -0.2) is 5.97 Å². The van der Waals surface area contributed by atoms with Crippen LogP contribution >= 0.6 is 0 Å². The van der Waals surface area contributed by atoms with Gasteiger partial charge in [-0.05, 0) is 18.8 Å². The van der Waals surface area contributed by atoms with Crippen LogP contribution in [0.25, 0.3) is 0 Å². The Bertz CT molecular complexity index is 108. The Labute approximate surface area is 120 Å². The van der Waals surface area contributed by atoms with Crippen molar-refractivity contribution in [2.24, 2.45) is 5.92 Å². The molecule has 0 heterocycles. The second-order valence-corrected chi connectivity index (χ2v) is 2.65. The Kier molecular flexibility index (Phi) is 7.01. The van der Waals surface area contributed by atoms with Gasteiger partial charge in [0, 0.05) is 5.97 Å². The number of aliphatic carboxylic acids is 1. The van der Waals surface area contributed by atoms with Crippen LogP contribution in [0.5, 0.6) is 0 Å². The molecule has 1 rings (SSSR count). The molecule has 3 heteroatoms. The van der Waals surface area contributed by atoms with Gasteiger partial charge in [0.2, 0.25) is 0 Å². The van der Waals surface area contributed by atoms with Gasteiger partial charge in [0.05, 0.1) is 0 Å². The van der Waals surface area contributed by atoms with Gasteiger partial charge in [-0.1, -0.05) is 19.3 Å². The summed E-state index contributed by atoms with van der Waals surface area (Å²) in [4.78, 5) is 10.2. The fraction of sp³-hybridized carbons (Fsp3) is 0.857. The Balaban J connectivity index is 0.000000810. The van der Waals surface area contributed by atoms with E-state index in [1.165, 1.54) is 6.42 Å². The van der Waals surface area contributed by atoms with E-state index in [0.717, 1.165) is 25.7 Å². The molecule has 0 N–H and O–H groups in total. The second-order valence-electron chi connectivity index (χ2n) is 2.65. The molecule has 1 saturated carbocycles. The van der Waals surface area contributed by atoms with Crippen LogP contribution in [-0.2, 0) is 4.79 Å². The van der Waals surface area contributed by atoms with Crippen LogP contribution in [0, 0.1) is 5.92 Å². The maximum absolute atomic E-state index is 10.2. The summed E-state index contributed by atoms with van der Waals surface area (Å²) in [6.07, 6.45) is 5.01. The van der Waals surface area contributed by atoms with Crippen molar-refractivity contribution < 1.29 is 78.8 Å². The van der Waals surface area contributed by atoms with E-state index in [2.05, 4.69) is 0 Å². The average Bonchev–Trinajstić information content (AvgIpc) is 1.90. The summed E-state index contributed by atoms with van der Waals surface area (Å²) < 4.78 is 0. The molecule has 0 saturated heterocycles. The second kappa shape index (κ2) is 6.08. The minimum Gasteiger partial charge on any atom is -0.550 e. The smallest absolute Gasteiger partial charge is 0.550 e. The van der Waals surface area contributed by atoms with E-state index < -0.39 is 5.97 Å². The number of carboxylic acids is 1. The SMILES string of the molecule is O=C([O-])C1CCCCC1.[Cs+]. The van der Waals surface area contributed by atoms with Crippen LogP contribution in [0.1, 0.15) is 32.1 Å². The molecule has 1 aliphatic rings. The molecule has 0 aliphatic heterocycles. The summed E-state index contributed by atoms with van der Waals surface area (Å²) >= 11 is 0. The summed E-state index contributed by atoms with van der Waals surface area (Å²) in [5.41, 5.74) is 0. The molecule has 0 aromatic heterocycles. The first kappa shape index (κ1) is 11.5. The largest absolute Gasteiger partial charge is 1.00 e. The molecule has 0 bridgehead atoms. The zero-order valence-electron chi connectivity index (χ0n) is 6.43. The number of carbonyl (C=O) groups is 1. The van der Waals surface area contributed by atoms with E-state index in [1.54, 1.807) is 0 Å². The van der Waals surface area contributed by atoms with Crippen molar-refractivity contribution in [1.29, 1.82) is 0 Å². The topological polar surface area (TPSA) is 40.1 Å². The van der Waals surface area contributed by atoms with Crippen molar-refractivity contribution in [2.45, 2.75) is 32.1 Å². The maximum Gasteiger partial charge on any atom is 1.00 e. The molecule has 0 spiro atoms. The van der Waals surface area contributed by atoms with Crippen molar-refractivity contribution in [3.63, 3.8) is 0 Å². The van der Waals surface area contributed by atoms with E-state index in [4.69, 9.17) is 0 Å². The third-order valence-corrected chi connectivity index (χ3v) is 1.94. The van der Waals surface area contributed by atoms with Crippen LogP contribution in [0.3, 0.4) is 0 Å². The van der Waals surface area contributed by atoms with Gasteiger partial charge < -0.3 is 9.90 Å². The summed E-state index contributed by atoms with van der Waals surface area (Å²) in [5, 5.41) is 10.2. The minimum atomic E-state index is -0.852. The predicted molar refractivity (Wildman–Crippen MR) is 31.6 cm³/mol. The first-order valence-electron chi connectivity index (χ1n) is 3.51. The van der Waals surface area contributed by atoms with Gasteiger partial charge in [-0.2, -0.15) is 0 Å². The standard InChI is InChI=1S/C7H12O2.Cs/c8-7(9)6-4-2-1-3-5-6;/h6H,1-5H2,(H,8,9);/q;+1/p-1. The third kappa shape index (κ3) is 3.78. The van der Waals surface area contributed by atoms with Crippen LogP contribution in [0.15, 0.2) is 0 Å². The summed E-state index contributed by atoms with van der Waals surface area (Å²) in [5.74, 6) is -0.992. The van der Waals surface area contributed by atoms with Crippen LogP contribution in [0.4, 0.5) is 0 Å². The molecule has 0 aromatic rings. The molecule has 0 atom stereocenters. The van der Waals surface area contributed by atoms with E-state index >= 15 is 0 Å². The van der Waals surface area contributed by atoms with Gasteiger partial charge in [-0.25, -0.2) is 0 Å². The van der Waals surface area contributed by atoms with Crippen molar-refractivity contribution in [3.05, 3.63) is 0 Å². The number of carbonyl (C=O) groups excluding carboxylic acids is 1. The Hall–Kier alpha value is 1.52. The van der Waals surface area contributed by atoms with E-state index in [0.29, 0.717) is 0 Å². The molecular formula is C7H11CsO2. The quantitative estimate of drug-likeness (QED) is 0.515. The molecule has 2 nitrogen and oxygen atoms in total. The molecule has 10 heavy (non-hydrogen) atoms.